The molecule has 1 aromatic carbocycles. The van der Waals surface area contributed by atoms with Gasteiger partial charge in [-0.15, -0.1) is 0 Å². The number of para-hydroxylation sites is 1. The van der Waals surface area contributed by atoms with E-state index in [2.05, 4.69) is 39.0 Å². The van der Waals surface area contributed by atoms with Gasteiger partial charge in [0.1, 0.15) is 11.4 Å². The average Bonchev–Trinajstić information content (AvgIpc) is 3.03. The Kier molecular flexibility index (Phi) is 4.18. The molecule has 1 fully saturated rings. The monoisotopic (exact) mass is 366 g/mol. The number of carbonyl (C=O) groups is 1. The van der Waals surface area contributed by atoms with Crippen LogP contribution in [0.3, 0.4) is 0 Å². The predicted octanol–water partition coefficient (Wildman–Crippen LogP) is 1.39. The Hall–Kier alpha value is -3.16. The smallest absolute Gasteiger partial charge is 0.286 e. The lowest BCUT2D eigenvalue weighted by molar-refractivity contribution is 0.0671. The number of aromatic amines is 1. The van der Waals surface area contributed by atoms with Crippen LogP contribution in [0.5, 0.6) is 0 Å². The van der Waals surface area contributed by atoms with E-state index in [1.54, 1.807) is 11.8 Å². The Morgan fingerprint density at radius 1 is 1.22 bits per heavy atom. The van der Waals surface area contributed by atoms with E-state index in [4.69, 9.17) is 0 Å². The van der Waals surface area contributed by atoms with Crippen LogP contribution in [0.1, 0.15) is 28.7 Å². The van der Waals surface area contributed by atoms with Gasteiger partial charge in [0.05, 0.1) is 0 Å². The standard InChI is InChI=1S/C19H22N6O2/c1-12-6-4-5-7-16(12)23-8-9-24(13(2)11-23)17(26)15-10-20-19-21-14(3)22-25(19)18(15)27/h4-7,10,13H,8-9,11H2,1-3H3,(H,20,21,22). The minimum Gasteiger partial charge on any atom is -0.367 e. The van der Waals surface area contributed by atoms with Crippen LogP contribution < -0.4 is 10.5 Å². The fourth-order valence-corrected chi connectivity index (χ4v) is 3.66. The highest BCUT2D eigenvalue weighted by Gasteiger charge is 2.30. The van der Waals surface area contributed by atoms with E-state index in [0.717, 1.165) is 13.1 Å². The number of rotatable bonds is 2. The number of aryl methyl sites for hydroxylation is 2. The topological polar surface area (TPSA) is 86.6 Å². The number of benzene rings is 1. The Labute approximate surface area is 156 Å². The van der Waals surface area contributed by atoms with Gasteiger partial charge in [-0.2, -0.15) is 9.50 Å². The van der Waals surface area contributed by atoms with Crippen molar-refractivity contribution in [1.82, 2.24) is 24.5 Å². The van der Waals surface area contributed by atoms with Gasteiger partial charge in [-0.3, -0.25) is 14.7 Å². The molecule has 8 nitrogen and oxygen atoms in total. The van der Waals surface area contributed by atoms with Crippen molar-refractivity contribution in [2.24, 2.45) is 0 Å². The van der Waals surface area contributed by atoms with Crippen molar-refractivity contribution in [3.05, 3.63) is 57.8 Å². The molecular weight excluding hydrogens is 344 g/mol. The average molecular weight is 366 g/mol. The van der Waals surface area contributed by atoms with E-state index in [1.807, 2.05) is 19.1 Å². The fraction of sp³-hybridized carbons (Fsp3) is 0.368. The molecule has 0 spiro atoms. The Morgan fingerprint density at radius 2 is 2.00 bits per heavy atom. The second-order valence-electron chi connectivity index (χ2n) is 7.00. The minimum absolute atomic E-state index is 0.0190. The first-order valence-electron chi connectivity index (χ1n) is 9.01. The maximum absolute atomic E-state index is 13.0. The highest BCUT2D eigenvalue weighted by molar-refractivity contribution is 5.94. The number of piperazine rings is 1. The molecule has 140 valence electrons. The van der Waals surface area contributed by atoms with Crippen molar-refractivity contribution >= 4 is 17.4 Å². The molecule has 3 aromatic rings. The Bertz CT molecular complexity index is 1070. The van der Waals surface area contributed by atoms with E-state index in [1.165, 1.54) is 22.0 Å². The first kappa shape index (κ1) is 17.3. The molecule has 27 heavy (non-hydrogen) atoms. The van der Waals surface area contributed by atoms with Crippen LogP contribution in [0.15, 0.2) is 35.3 Å². The van der Waals surface area contributed by atoms with Crippen LogP contribution in [0.25, 0.3) is 5.78 Å². The number of hydrogen-bond donors (Lipinski definition) is 1. The third-order valence-electron chi connectivity index (χ3n) is 5.06. The van der Waals surface area contributed by atoms with Gasteiger partial charge < -0.3 is 9.80 Å². The van der Waals surface area contributed by atoms with E-state index in [0.29, 0.717) is 12.4 Å². The van der Waals surface area contributed by atoms with Gasteiger partial charge in [0.25, 0.3) is 17.2 Å². The van der Waals surface area contributed by atoms with E-state index < -0.39 is 5.56 Å². The molecule has 0 bridgehead atoms. The summed E-state index contributed by atoms with van der Waals surface area (Å²) in [6.45, 7) is 7.83. The normalized spacial score (nSPS) is 17.5. The Balaban J connectivity index is 1.58. The molecule has 1 unspecified atom stereocenters. The molecule has 3 heterocycles. The third kappa shape index (κ3) is 2.97. The lowest BCUT2D eigenvalue weighted by Gasteiger charge is -2.41. The lowest BCUT2D eigenvalue weighted by atomic mass is 10.1. The van der Waals surface area contributed by atoms with Crippen LogP contribution in [-0.4, -0.2) is 56.1 Å². The molecule has 4 rings (SSSR count). The zero-order valence-electron chi connectivity index (χ0n) is 15.6. The first-order valence-corrected chi connectivity index (χ1v) is 9.01. The second-order valence-corrected chi connectivity index (χ2v) is 7.00. The maximum Gasteiger partial charge on any atom is 0.286 e. The number of nitrogens with one attached hydrogen (secondary N) is 1. The van der Waals surface area contributed by atoms with E-state index in [9.17, 15) is 9.59 Å². The summed E-state index contributed by atoms with van der Waals surface area (Å²) in [7, 11) is 0. The fourth-order valence-electron chi connectivity index (χ4n) is 3.66. The number of fused-ring (bicyclic) bond motifs is 1. The highest BCUT2D eigenvalue weighted by Crippen LogP contribution is 2.23. The number of aromatic nitrogens is 4. The molecule has 0 saturated carbocycles. The molecule has 1 N–H and O–H groups in total. The molecule has 1 saturated heterocycles. The third-order valence-corrected chi connectivity index (χ3v) is 5.06. The van der Waals surface area contributed by atoms with Crippen molar-refractivity contribution in [1.29, 1.82) is 0 Å². The molecule has 2 aromatic heterocycles. The summed E-state index contributed by atoms with van der Waals surface area (Å²) in [6, 6.07) is 8.22. The van der Waals surface area contributed by atoms with Gasteiger partial charge in [-0.25, -0.2) is 4.98 Å². The zero-order valence-corrected chi connectivity index (χ0v) is 15.6. The van der Waals surface area contributed by atoms with Crippen molar-refractivity contribution in [3.63, 3.8) is 0 Å². The number of carbonyl (C=O) groups excluding carboxylic acids is 1. The number of nitrogens with zero attached hydrogens (tertiary/aromatic N) is 5. The molecule has 1 amide bonds. The van der Waals surface area contributed by atoms with Crippen molar-refractivity contribution < 1.29 is 4.79 Å². The summed E-state index contributed by atoms with van der Waals surface area (Å²) in [5.74, 6) is 0.557. The number of hydrogen-bond acceptors (Lipinski definition) is 5. The molecule has 0 radical (unpaired) electrons. The molecule has 1 atom stereocenters. The van der Waals surface area contributed by atoms with Crippen molar-refractivity contribution in [3.8, 4) is 0 Å². The molecule has 1 aliphatic rings. The van der Waals surface area contributed by atoms with Crippen LogP contribution >= 0.6 is 0 Å². The van der Waals surface area contributed by atoms with Gasteiger partial charge in [0.2, 0.25) is 0 Å². The van der Waals surface area contributed by atoms with Crippen LogP contribution in [-0.2, 0) is 0 Å². The van der Waals surface area contributed by atoms with Crippen LogP contribution in [0.2, 0.25) is 0 Å². The maximum atomic E-state index is 13.0. The van der Waals surface area contributed by atoms with E-state index in [-0.39, 0.29) is 23.3 Å². The van der Waals surface area contributed by atoms with E-state index >= 15 is 0 Å². The molecule has 1 aliphatic heterocycles. The highest BCUT2D eigenvalue weighted by atomic mass is 16.2. The summed E-state index contributed by atoms with van der Waals surface area (Å²) < 4.78 is 1.22. The van der Waals surface area contributed by atoms with Crippen LogP contribution in [0, 0.1) is 13.8 Å². The first-order chi connectivity index (χ1) is 13.0. The summed E-state index contributed by atoms with van der Waals surface area (Å²) in [6.07, 6.45) is 1.33. The number of anilines is 1. The van der Waals surface area contributed by atoms with Crippen LogP contribution in [0.4, 0.5) is 5.69 Å². The van der Waals surface area contributed by atoms with Crippen molar-refractivity contribution in [2.75, 3.05) is 24.5 Å². The van der Waals surface area contributed by atoms with Crippen molar-refractivity contribution in [2.45, 2.75) is 26.8 Å². The van der Waals surface area contributed by atoms with Gasteiger partial charge >= 0.3 is 0 Å². The van der Waals surface area contributed by atoms with Gasteiger partial charge in [0, 0.05) is 37.6 Å². The van der Waals surface area contributed by atoms with Gasteiger partial charge in [-0.1, -0.05) is 18.2 Å². The number of amides is 1. The summed E-state index contributed by atoms with van der Waals surface area (Å²) in [5, 5.41) is 2.82. The quantitative estimate of drug-likeness (QED) is 0.741. The number of H-pyrrole nitrogens is 1. The molecular formula is C19H22N6O2. The minimum atomic E-state index is -0.417. The zero-order chi connectivity index (χ0) is 19.1. The summed E-state index contributed by atoms with van der Waals surface area (Å²) in [5.41, 5.74) is 2.05. The lowest BCUT2D eigenvalue weighted by Crippen LogP contribution is -2.55. The second kappa shape index (κ2) is 6.53. The molecule has 0 aliphatic carbocycles. The Morgan fingerprint density at radius 3 is 2.74 bits per heavy atom. The predicted molar refractivity (Wildman–Crippen MR) is 102 cm³/mol. The molecule has 8 heteroatoms. The van der Waals surface area contributed by atoms with Gasteiger partial charge in [-0.05, 0) is 32.4 Å². The van der Waals surface area contributed by atoms with Gasteiger partial charge in [0.15, 0.2) is 0 Å². The summed E-state index contributed by atoms with van der Waals surface area (Å²) >= 11 is 0. The summed E-state index contributed by atoms with van der Waals surface area (Å²) in [4.78, 5) is 38.0. The largest absolute Gasteiger partial charge is 0.367 e. The SMILES string of the molecule is Cc1nc2ncc(C(=O)N3CCN(c4ccccc4C)CC3C)c(=O)n2[nH]1.